The van der Waals surface area contributed by atoms with Crippen molar-refractivity contribution in [2.24, 2.45) is 0 Å². The molecule has 0 aromatic rings. The van der Waals surface area contributed by atoms with Crippen LogP contribution in [0.3, 0.4) is 0 Å². The molecule has 0 amide bonds. The zero-order chi connectivity index (χ0) is 17.1. The molecule has 1 unspecified atom stereocenters. The maximum Gasteiger partial charge on any atom is 0.163 e. The summed E-state index contributed by atoms with van der Waals surface area (Å²) in [5, 5.41) is 26.5. The Morgan fingerprint density at radius 2 is 1.62 bits per heavy atom. The summed E-state index contributed by atoms with van der Waals surface area (Å²) in [6.07, 6.45) is 0.287. The highest BCUT2D eigenvalue weighted by atomic mass is 16.7. The van der Waals surface area contributed by atoms with Gasteiger partial charge in [0, 0.05) is 0 Å². The van der Waals surface area contributed by atoms with Gasteiger partial charge in [0.05, 0.1) is 25.9 Å². The quantitative estimate of drug-likeness (QED) is 0.687. The van der Waals surface area contributed by atoms with Gasteiger partial charge in [-0.05, 0) is 34.6 Å². The number of aliphatic hydroxyl groups excluding tert-OH is 2. The number of rotatable bonds is 3. The number of hydrogen-bond donors (Lipinski definition) is 3. The third-order valence-corrected chi connectivity index (χ3v) is 1.92. The van der Waals surface area contributed by atoms with E-state index in [-0.39, 0.29) is 6.61 Å². The van der Waals surface area contributed by atoms with Gasteiger partial charge in [0.15, 0.2) is 11.6 Å². The highest BCUT2D eigenvalue weighted by Gasteiger charge is 2.26. The maximum absolute atomic E-state index is 8.93. The highest BCUT2D eigenvalue weighted by molar-refractivity contribution is 4.64. The second kappa shape index (κ2) is 11.3. The Morgan fingerprint density at radius 1 is 1.24 bits per heavy atom. The molecule has 1 atom stereocenters. The maximum atomic E-state index is 8.93. The minimum absolute atomic E-state index is 0.170. The average molecular weight is 310 g/mol. The van der Waals surface area contributed by atoms with Crippen molar-refractivity contribution in [3.63, 3.8) is 0 Å². The Morgan fingerprint density at radius 3 is 1.81 bits per heavy atom. The van der Waals surface area contributed by atoms with Crippen LogP contribution in [-0.2, 0) is 14.2 Å². The molecule has 1 saturated heterocycles. The lowest BCUT2D eigenvalue weighted by Gasteiger charge is -2.32. The molecule has 0 aliphatic carbocycles. The average Bonchev–Trinajstić information content (AvgIpc) is 2.32. The van der Waals surface area contributed by atoms with Gasteiger partial charge in [-0.2, -0.15) is 0 Å². The van der Waals surface area contributed by atoms with Gasteiger partial charge in [0.2, 0.25) is 0 Å². The number of ether oxygens (including phenoxy) is 3. The Bertz CT molecular complexity index is 225. The van der Waals surface area contributed by atoms with E-state index in [0.29, 0.717) is 13.2 Å². The third-order valence-electron chi connectivity index (χ3n) is 1.92. The van der Waals surface area contributed by atoms with E-state index >= 15 is 0 Å². The van der Waals surface area contributed by atoms with Gasteiger partial charge in [-0.15, -0.1) is 0 Å². The van der Waals surface area contributed by atoms with Crippen LogP contribution in [0.25, 0.3) is 0 Å². The molecule has 1 fully saturated rings. The fourth-order valence-corrected chi connectivity index (χ4v) is 1.01. The van der Waals surface area contributed by atoms with E-state index in [9.17, 15) is 0 Å². The molecule has 3 N–H and O–H groups in total. The van der Waals surface area contributed by atoms with E-state index in [1.807, 2.05) is 13.8 Å². The van der Waals surface area contributed by atoms with Gasteiger partial charge < -0.3 is 29.5 Å². The van der Waals surface area contributed by atoms with Gasteiger partial charge >= 0.3 is 0 Å². The standard InChI is InChI=1S/C6H12O3.C6H14O3.C3H8/c1-6(2)8-3-5(7)4-9-6;1-5(7)4-9-6(2,3)8;1-3-2/h5,7H,3-4H2,1-2H3;5,7-8H,4H2,1-3H3;3H2,1-2H3. The fraction of sp³-hybridized carbons (Fsp3) is 1.00. The van der Waals surface area contributed by atoms with Crippen LogP contribution in [0, 0.1) is 0 Å². The molecule has 1 heterocycles. The van der Waals surface area contributed by atoms with Crippen molar-refractivity contribution >= 4 is 0 Å². The van der Waals surface area contributed by atoms with Crippen LogP contribution in [-0.4, -0.2) is 58.9 Å². The molecule has 1 rings (SSSR count). The predicted molar refractivity (Wildman–Crippen MR) is 81.9 cm³/mol. The van der Waals surface area contributed by atoms with E-state index in [1.165, 1.54) is 20.3 Å². The predicted octanol–water partition coefficient (Wildman–Crippen LogP) is 1.66. The van der Waals surface area contributed by atoms with Crippen LogP contribution in [0.15, 0.2) is 0 Å². The first-order valence-corrected chi connectivity index (χ1v) is 7.43. The molecule has 130 valence electrons. The Hall–Kier alpha value is -0.240. The van der Waals surface area contributed by atoms with Crippen molar-refractivity contribution in [1.29, 1.82) is 0 Å². The second-order valence-electron chi connectivity index (χ2n) is 5.99. The van der Waals surface area contributed by atoms with Gasteiger partial charge in [0.1, 0.15) is 6.10 Å². The molecule has 0 aromatic carbocycles. The molecule has 0 spiro atoms. The van der Waals surface area contributed by atoms with Crippen LogP contribution in [0.5, 0.6) is 0 Å². The topological polar surface area (TPSA) is 88.4 Å². The zero-order valence-corrected chi connectivity index (χ0v) is 14.5. The summed E-state index contributed by atoms with van der Waals surface area (Å²) in [7, 11) is 0. The minimum atomic E-state index is -1.13. The second-order valence-corrected chi connectivity index (χ2v) is 5.99. The lowest BCUT2D eigenvalue weighted by Crippen LogP contribution is -2.41. The van der Waals surface area contributed by atoms with Crippen molar-refractivity contribution in [2.75, 3.05) is 19.8 Å². The molecule has 21 heavy (non-hydrogen) atoms. The Balaban J connectivity index is 0. The van der Waals surface area contributed by atoms with Crippen LogP contribution >= 0.6 is 0 Å². The largest absolute Gasteiger partial charge is 0.391 e. The van der Waals surface area contributed by atoms with Crippen LogP contribution < -0.4 is 0 Å². The van der Waals surface area contributed by atoms with E-state index in [4.69, 9.17) is 29.5 Å². The van der Waals surface area contributed by atoms with Gasteiger partial charge in [-0.25, -0.2) is 0 Å². The molecular weight excluding hydrogens is 276 g/mol. The number of hydrogen-bond acceptors (Lipinski definition) is 6. The lowest BCUT2D eigenvalue weighted by molar-refractivity contribution is -0.272. The summed E-state index contributed by atoms with van der Waals surface area (Å²) in [5.74, 6) is -1.63. The summed E-state index contributed by atoms with van der Waals surface area (Å²) < 4.78 is 15.0. The summed E-state index contributed by atoms with van der Waals surface area (Å²) in [4.78, 5) is 0. The molecular formula is C15H34O6. The van der Waals surface area contributed by atoms with Gasteiger partial charge in [0.25, 0.3) is 0 Å². The van der Waals surface area contributed by atoms with E-state index in [2.05, 4.69) is 13.8 Å². The molecule has 1 aliphatic rings. The zero-order valence-electron chi connectivity index (χ0n) is 14.5. The SMILES string of the molecule is CC(O)COC(C)(C)O.CC1(C)OCC(O)CO1.CCC. The first-order chi connectivity index (χ1) is 9.43. The lowest BCUT2D eigenvalue weighted by atomic mass is 10.3. The van der Waals surface area contributed by atoms with Gasteiger partial charge in [-0.1, -0.05) is 20.3 Å². The van der Waals surface area contributed by atoms with Crippen molar-refractivity contribution < 1.29 is 29.5 Å². The van der Waals surface area contributed by atoms with Crippen LogP contribution in [0.4, 0.5) is 0 Å². The van der Waals surface area contributed by atoms with Crippen LogP contribution in [0.2, 0.25) is 0 Å². The molecule has 0 aromatic heterocycles. The number of aliphatic hydroxyl groups is 3. The van der Waals surface area contributed by atoms with E-state index in [1.54, 1.807) is 6.92 Å². The molecule has 0 bridgehead atoms. The Labute approximate surface area is 129 Å². The third kappa shape index (κ3) is 19.8. The Kier molecular flexibility index (Phi) is 12.4. The summed E-state index contributed by atoms with van der Waals surface area (Å²) in [6, 6.07) is 0. The van der Waals surface area contributed by atoms with E-state index in [0.717, 1.165) is 0 Å². The van der Waals surface area contributed by atoms with Crippen molar-refractivity contribution in [3.05, 3.63) is 0 Å². The monoisotopic (exact) mass is 310 g/mol. The smallest absolute Gasteiger partial charge is 0.163 e. The van der Waals surface area contributed by atoms with Crippen molar-refractivity contribution in [2.45, 2.75) is 78.7 Å². The first kappa shape index (κ1) is 23.0. The fourth-order valence-electron chi connectivity index (χ4n) is 1.01. The highest BCUT2D eigenvalue weighted by Crippen LogP contribution is 2.16. The first-order valence-electron chi connectivity index (χ1n) is 7.43. The molecule has 0 saturated carbocycles. The summed E-state index contributed by atoms with van der Waals surface area (Å²) >= 11 is 0. The van der Waals surface area contributed by atoms with Crippen molar-refractivity contribution in [1.82, 2.24) is 0 Å². The molecule has 6 nitrogen and oxygen atoms in total. The normalized spacial score (nSPS) is 19.7. The minimum Gasteiger partial charge on any atom is -0.391 e. The summed E-state index contributed by atoms with van der Waals surface area (Å²) in [5.41, 5.74) is 0. The van der Waals surface area contributed by atoms with Crippen molar-refractivity contribution in [3.8, 4) is 0 Å². The van der Waals surface area contributed by atoms with E-state index < -0.39 is 23.8 Å². The molecule has 1 aliphatic heterocycles. The van der Waals surface area contributed by atoms with Crippen LogP contribution in [0.1, 0.15) is 54.9 Å². The molecule has 0 radical (unpaired) electrons. The van der Waals surface area contributed by atoms with Gasteiger partial charge in [-0.3, -0.25) is 0 Å². The molecule has 6 heteroatoms. The summed E-state index contributed by atoms with van der Waals surface area (Å²) in [6.45, 7) is 13.5.